The molecule has 0 aliphatic carbocycles. The number of pyridine rings is 1. The summed E-state index contributed by atoms with van der Waals surface area (Å²) in [6.07, 6.45) is 1.50. The van der Waals surface area contributed by atoms with Crippen molar-refractivity contribution in [1.82, 2.24) is 10.1 Å². The maximum Gasteiger partial charge on any atom is 0.259 e. The summed E-state index contributed by atoms with van der Waals surface area (Å²) in [5.74, 6) is -0.464. The molecule has 0 atom stereocenters. The molecule has 0 saturated heterocycles. The molecule has 26 heavy (non-hydrogen) atoms. The standard InChI is InChI=1S/C18H11ClFN3O3/c1-9-16-11(17(24)21-13-5-4-10(20)7-12(13)19)8-14(15-3-2-6-25-15)22-18(16)26-23-9/h2-8H,1H3,(H,21,24). The molecule has 3 aromatic heterocycles. The van der Waals surface area contributed by atoms with Crippen LogP contribution in [-0.2, 0) is 0 Å². The zero-order valence-electron chi connectivity index (χ0n) is 13.4. The van der Waals surface area contributed by atoms with Crippen molar-refractivity contribution in [3.8, 4) is 11.5 Å². The van der Waals surface area contributed by atoms with Crippen molar-refractivity contribution in [2.45, 2.75) is 6.92 Å². The highest BCUT2D eigenvalue weighted by Crippen LogP contribution is 2.29. The number of nitrogens with one attached hydrogen (secondary N) is 1. The Labute approximate surface area is 151 Å². The van der Waals surface area contributed by atoms with Crippen molar-refractivity contribution in [2.75, 3.05) is 5.32 Å². The van der Waals surface area contributed by atoms with E-state index in [-0.39, 0.29) is 16.4 Å². The normalized spacial score (nSPS) is 11.0. The highest BCUT2D eigenvalue weighted by Gasteiger charge is 2.21. The van der Waals surface area contributed by atoms with Gasteiger partial charge in [-0.15, -0.1) is 0 Å². The van der Waals surface area contributed by atoms with Crippen LogP contribution >= 0.6 is 11.6 Å². The van der Waals surface area contributed by atoms with E-state index in [1.165, 1.54) is 18.4 Å². The van der Waals surface area contributed by atoms with Gasteiger partial charge in [-0.2, -0.15) is 0 Å². The lowest BCUT2D eigenvalue weighted by atomic mass is 10.1. The molecule has 0 bridgehead atoms. The molecule has 0 fully saturated rings. The Balaban J connectivity index is 1.81. The average Bonchev–Trinajstić information content (AvgIpc) is 3.27. The van der Waals surface area contributed by atoms with Crippen LogP contribution in [0.3, 0.4) is 0 Å². The van der Waals surface area contributed by atoms with E-state index in [1.54, 1.807) is 25.1 Å². The second kappa shape index (κ2) is 6.27. The number of carbonyl (C=O) groups is 1. The molecular formula is C18H11ClFN3O3. The number of aromatic nitrogens is 2. The maximum absolute atomic E-state index is 13.2. The average molecular weight is 372 g/mol. The number of nitrogens with zero attached hydrogens (tertiary/aromatic N) is 2. The molecule has 8 heteroatoms. The number of hydrogen-bond donors (Lipinski definition) is 1. The Morgan fingerprint density at radius 2 is 2.12 bits per heavy atom. The highest BCUT2D eigenvalue weighted by molar-refractivity contribution is 6.34. The molecule has 4 rings (SSSR count). The summed E-state index contributed by atoms with van der Waals surface area (Å²) in [4.78, 5) is 17.2. The van der Waals surface area contributed by atoms with Crippen LogP contribution in [0.4, 0.5) is 10.1 Å². The van der Waals surface area contributed by atoms with Crippen molar-refractivity contribution in [2.24, 2.45) is 0 Å². The Morgan fingerprint density at radius 3 is 2.85 bits per heavy atom. The summed E-state index contributed by atoms with van der Waals surface area (Å²) in [5, 5.41) is 7.12. The van der Waals surface area contributed by atoms with Crippen molar-refractivity contribution in [1.29, 1.82) is 0 Å². The van der Waals surface area contributed by atoms with Crippen LogP contribution in [0.15, 0.2) is 51.6 Å². The molecule has 3 heterocycles. The molecule has 0 saturated carbocycles. The van der Waals surface area contributed by atoms with Gasteiger partial charge >= 0.3 is 0 Å². The summed E-state index contributed by atoms with van der Waals surface area (Å²) in [6.45, 7) is 1.71. The van der Waals surface area contributed by atoms with E-state index in [1.807, 2.05) is 0 Å². The van der Waals surface area contributed by atoms with Crippen molar-refractivity contribution in [3.63, 3.8) is 0 Å². The first-order chi connectivity index (χ1) is 12.5. The van der Waals surface area contributed by atoms with Crippen LogP contribution < -0.4 is 5.32 Å². The second-order valence-corrected chi connectivity index (χ2v) is 5.97. The number of anilines is 1. The van der Waals surface area contributed by atoms with Crippen molar-refractivity contribution < 1.29 is 18.1 Å². The van der Waals surface area contributed by atoms with Gasteiger partial charge in [-0.25, -0.2) is 9.37 Å². The van der Waals surface area contributed by atoms with Gasteiger partial charge in [-0.3, -0.25) is 4.79 Å². The quantitative estimate of drug-likeness (QED) is 0.557. The molecule has 6 nitrogen and oxygen atoms in total. The van der Waals surface area contributed by atoms with Crippen molar-refractivity contribution >= 4 is 34.3 Å². The number of rotatable bonds is 3. The fourth-order valence-electron chi connectivity index (χ4n) is 2.60. The number of fused-ring (bicyclic) bond motifs is 1. The minimum atomic E-state index is -0.491. The van der Waals surface area contributed by atoms with Crippen LogP contribution in [0, 0.1) is 12.7 Å². The van der Waals surface area contributed by atoms with Gasteiger partial charge in [0.1, 0.15) is 11.5 Å². The molecule has 1 aromatic carbocycles. The van der Waals surface area contributed by atoms with Gasteiger partial charge in [0.25, 0.3) is 11.6 Å². The van der Waals surface area contributed by atoms with E-state index in [0.29, 0.717) is 28.1 Å². The van der Waals surface area contributed by atoms with E-state index in [0.717, 1.165) is 6.07 Å². The molecule has 0 aliphatic rings. The number of carbonyl (C=O) groups excluding carboxylic acids is 1. The summed E-state index contributed by atoms with van der Waals surface area (Å²) in [6, 6.07) is 8.74. The fourth-order valence-corrected chi connectivity index (χ4v) is 2.82. The van der Waals surface area contributed by atoms with E-state index in [4.69, 9.17) is 20.5 Å². The van der Waals surface area contributed by atoms with E-state index >= 15 is 0 Å². The maximum atomic E-state index is 13.2. The second-order valence-electron chi connectivity index (χ2n) is 5.56. The van der Waals surface area contributed by atoms with E-state index in [2.05, 4.69) is 15.5 Å². The van der Waals surface area contributed by atoms with Gasteiger partial charge < -0.3 is 14.3 Å². The molecule has 0 radical (unpaired) electrons. The van der Waals surface area contributed by atoms with Gasteiger partial charge in [0.05, 0.1) is 33.6 Å². The van der Waals surface area contributed by atoms with Gasteiger partial charge in [-0.05, 0) is 43.3 Å². The first kappa shape index (κ1) is 16.3. The molecular weight excluding hydrogens is 361 g/mol. The molecule has 0 aliphatic heterocycles. The minimum Gasteiger partial charge on any atom is -0.463 e. The minimum absolute atomic E-state index is 0.0944. The third kappa shape index (κ3) is 2.82. The van der Waals surface area contributed by atoms with Crippen LogP contribution in [0.5, 0.6) is 0 Å². The monoisotopic (exact) mass is 371 g/mol. The number of furan rings is 1. The SMILES string of the molecule is Cc1noc2nc(-c3ccco3)cc(C(=O)Nc3ccc(F)cc3Cl)c12. The van der Waals surface area contributed by atoms with Gasteiger partial charge in [0.15, 0.2) is 5.76 Å². The number of amides is 1. The first-order valence-electron chi connectivity index (χ1n) is 7.60. The Morgan fingerprint density at radius 1 is 1.27 bits per heavy atom. The van der Waals surface area contributed by atoms with E-state index < -0.39 is 11.7 Å². The lowest BCUT2D eigenvalue weighted by molar-refractivity contribution is 0.102. The molecule has 0 spiro atoms. The van der Waals surface area contributed by atoms with Crippen LogP contribution in [-0.4, -0.2) is 16.0 Å². The molecule has 1 amide bonds. The summed E-state index contributed by atoms with van der Waals surface area (Å²) in [7, 11) is 0. The summed E-state index contributed by atoms with van der Waals surface area (Å²) in [5.41, 5.74) is 1.74. The zero-order chi connectivity index (χ0) is 18.3. The smallest absolute Gasteiger partial charge is 0.259 e. The molecule has 1 N–H and O–H groups in total. The van der Waals surface area contributed by atoms with Crippen molar-refractivity contribution in [3.05, 3.63) is 64.8 Å². The largest absolute Gasteiger partial charge is 0.463 e. The van der Waals surface area contributed by atoms with Crippen LogP contribution in [0.25, 0.3) is 22.6 Å². The van der Waals surface area contributed by atoms with Gasteiger partial charge in [-0.1, -0.05) is 16.8 Å². The number of aryl methyl sites for hydroxylation is 1. The Hall–Kier alpha value is -3.19. The predicted molar refractivity (Wildman–Crippen MR) is 93.6 cm³/mol. The lowest BCUT2D eigenvalue weighted by Gasteiger charge is -2.09. The zero-order valence-corrected chi connectivity index (χ0v) is 14.2. The highest BCUT2D eigenvalue weighted by atomic mass is 35.5. The fraction of sp³-hybridized carbons (Fsp3) is 0.0556. The Kier molecular flexibility index (Phi) is 3.93. The van der Waals surface area contributed by atoms with Crippen LogP contribution in [0.2, 0.25) is 5.02 Å². The first-order valence-corrected chi connectivity index (χ1v) is 7.98. The molecule has 130 valence electrons. The van der Waals surface area contributed by atoms with E-state index in [9.17, 15) is 9.18 Å². The summed E-state index contributed by atoms with van der Waals surface area (Å²) < 4.78 is 23.8. The topological polar surface area (TPSA) is 81.2 Å². The van der Waals surface area contributed by atoms with Crippen LogP contribution in [0.1, 0.15) is 16.1 Å². The molecule has 0 unspecified atom stereocenters. The summed E-state index contributed by atoms with van der Waals surface area (Å²) >= 11 is 5.99. The molecule has 4 aromatic rings. The number of halogens is 2. The number of benzene rings is 1. The predicted octanol–water partition coefficient (Wildman–Crippen LogP) is 4.84. The Bertz CT molecular complexity index is 1120. The third-order valence-corrected chi connectivity index (χ3v) is 4.13. The van der Waals surface area contributed by atoms with Gasteiger partial charge in [0, 0.05) is 0 Å². The lowest BCUT2D eigenvalue weighted by Crippen LogP contribution is -2.13. The third-order valence-electron chi connectivity index (χ3n) is 3.81. The van der Waals surface area contributed by atoms with Gasteiger partial charge in [0.2, 0.25) is 0 Å². The number of hydrogen-bond acceptors (Lipinski definition) is 5.